The first-order valence-electron chi connectivity index (χ1n) is 6.55. The average molecular weight is 286 g/mol. The Hall–Kier alpha value is -0.920. The van der Waals surface area contributed by atoms with Crippen LogP contribution in [0.5, 0.6) is 0 Å². The summed E-state index contributed by atoms with van der Waals surface area (Å²) in [7, 11) is -3.55. The lowest BCUT2D eigenvalue weighted by Gasteiger charge is -2.13. The standard InChI is InChI=1S/C12H22N4O2S/c1-8(2)13-7-10-9(3)14-15-11(10)19(17,18)16-12(4)5-6-12/h8,13,16H,5-7H2,1-4H3,(H,14,15). The third-order valence-electron chi connectivity index (χ3n) is 3.36. The fourth-order valence-electron chi connectivity index (χ4n) is 1.83. The summed E-state index contributed by atoms with van der Waals surface area (Å²) in [6.45, 7) is 8.28. The number of hydrogen-bond acceptors (Lipinski definition) is 4. The third kappa shape index (κ3) is 3.34. The highest BCUT2D eigenvalue weighted by Crippen LogP contribution is 2.36. The van der Waals surface area contributed by atoms with Crippen LogP contribution >= 0.6 is 0 Å². The summed E-state index contributed by atoms with van der Waals surface area (Å²) in [6.07, 6.45) is 1.77. The van der Waals surface area contributed by atoms with Crippen LogP contribution in [-0.2, 0) is 16.6 Å². The SMILES string of the molecule is Cc1[nH]nc(S(=O)(=O)NC2(C)CC2)c1CNC(C)C. The van der Waals surface area contributed by atoms with Crippen molar-refractivity contribution in [1.82, 2.24) is 20.2 Å². The number of hydrogen-bond donors (Lipinski definition) is 3. The predicted octanol–water partition coefficient (Wildman–Crippen LogP) is 1.05. The summed E-state index contributed by atoms with van der Waals surface area (Å²) >= 11 is 0. The quantitative estimate of drug-likeness (QED) is 0.729. The molecule has 2 rings (SSSR count). The number of nitrogens with one attached hydrogen (secondary N) is 3. The van der Waals surface area contributed by atoms with Crippen molar-refractivity contribution in [3.63, 3.8) is 0 Å². The topological polar surface area (TPSA) is 86.9 Å². The lowest BCUT2D eigenvalue weighted by atomic mass is 10.2. The van der Waals surface area contributed by atoms with Crippen LogP contribution in [0.2, 0.25) is 0 Å². The smallest absolute Gasteiger partial charge is 0.260 e. The zero-order valence-corrected chi connectivity index (χ0v) is 12.7. The van der Waals surface area contributed by atoms with Gasteiger partial charge in [0.25, 0.3) is 10.0 Å². The minimum atomic E-state index is -3.55. The van der Waals surface area contributed by atoms with Gasteiger partial charge in [-0.2, -0.15) is 5.10 Å². The normalized spacial score (nSPS) is 17.9. The predicted molar refractivity (Wildman–Crippen MR) is 73.3 cm³/mol. The highest BCUT2D eigenvalue weighted by atomic mass is 32.2. The van der Waals surface area contributed by atoms with Gasteiger partial charge in [0.1, 0.15) is 0 Å². The molecular formula is C12H22N4O2S. The summed E-state index contributed by atoms with van der Waals surface area (Å²) < 4.78 is 27.4. The highest BCUT2D eigenvalue weighted by molar-refractivity contribution is 7.89. The Morgan fingerprint density at radius 3 is 2.58 bits per heavy atom. The van der Waals surface area contributed by atoms with Gasteiger partial charge in [0, 0.05) is 29.4 Å². The third-order valence-corrected chi connectivity index (χ3v) is 4.97. The van der Waals surface area contributed by atoms with Crippen molar-refractivity contribution in [2.24, 2.45) is 0 Å². The van der Waals surface area contributed by atoms with Crippen LogP contribution < -0.4 is 10.0 Å². The Bertz CT molecular complexity index is 558. The van der Waals surface area contributed by atoms with E-state index < -0.39 is 10.0 Å². The lowest BCUT2D eigenvalue weighted by Crippen LogP contribution is -2.35. The van der Waals surface area contributed by atoms with Crippen molar-refractivity contribution in [2.45, 2.75) is 63.7 Å². The van der Waals surface area contributed by atoms with Gasteiger partial charge in [-0.05, 0) is 26.7 Å². The summed E-state index contributed by atoms with van der Waals surface area (Å²) in [5, 5.41) is 10.1. The van der Waals surface area contributed by atoms with Crippen LogP contribution in [0.15, 0.2) is 5.03 Å². The van der Waals surface area contributed by atoms with Crippen molar-refractivity contribution < 1.29 is 8.42 Å². The summed E-state index contributed by atoms with van der Waals surface area (Å²) in [6, 6.07) is 0.291. The van der Waals surface area contributed by atoms with E-state index in [-0.39, 0.29) is 10.6 Å². The molecule has 1 fully saturated rings. The fourth-order valence-corrected chi connectivity index (χ4v) is 3.49. The van der Waals surface area contributed by atoms with Gasteiger partial charge in [-0.15, -0.1) is 0 Å². The first-order chi connectivity index (χ1) is 8.73. The Labute approximate surface area is 114 Å². The van der Waals surface area contributed by atoms with E-state index in [1.165, 1.54) is 0 Å². The van der Waals surface area contributed by atoms with Crippen LogP contribution in [0.1, 0.15) is 44.9 Å². The maximum absolute atomic E-state index is 12.3. The number of sulfonamides is 1. The molecule has 108 valence electrons. The van der Waals surface area contributed by atoms with Gasteiger partial charge >= 0.3 is 0 Å². The Morgan fingerprint density at radius 2 is 2.05 bits per heavy atom. The van der Waals surface area contributed by atoms with E-state index in [2.05, 4.69) is 20.2 Å². The van der Waals surface area contributed by atoms with E-state index in [9.17, 15) is 8.42 Å². The van der Waals surface area contributed by atoms with Crippen LogP contribution in [0, 0.1) is 6.92 Å². The molecule has 0 bridgehead atoms. The minimum Gasteiger partial charge on any atom is -0.310 e. The van der Waals surface area contributed by atoms with E-state index in [1.54, 1.807) is 0 Å². The Morgan fingerprint density at radius 1 is 1.42 bits per heavy atom. The molecule has 1 heterocycles. The molecule has 1 saturated carbocycles. The fraction of sp³-hybridized carbons (Fsp3) is 0.750. The summed E-state index contributed by atoms with van der Waals surface area (Å²) in [5.41, 5.74) is 1.22. The van der Waals surface area contributed by atoms with Gasteiger partial charge in [-0.1, -0.05) is 13.8 Å². The van der Waals surface area contributed by atoms with Gasteiger partial charge in [0.05, 0.1) is 0 Å². The largest absolute Gasteiger partial charge is 0.310 e. The number of nitrogens with zero attached hydrogens (tertiary/aromatic N) is 1. The van der Waals surface area contributed by atoms with Crippen LogP contribution in [0.25, 0.3) is 0 Å². The molecule has 7 heteroatoms. The zero-order chi connectivity index (χ0) is 14.3. The molecule has 1 aliphatic rings. The molecule has 3 N–H and O–H groups in total. The highest BCUT2D eigenvalue weighted by Gasteiger charge is 2.42. The van der Waals surface area contributed by atoms with Crippen molar-refractivity contribution in [2.75, 3.05) is 0 Å². The Balaban J connectivity index is 2.24. The van der Waals surface area contributed by atoms with Crippen molar-refractivity contribution in [3.05, 3.63) is 11.3 Å². The molecule has 19 heavy (non-hydrogen) atoms. The molecule has 0 aliphatic heterocycles. The number of aromatic amines is 1. The van der Waals surface area contributed by atoms with Crippen molar-refractivity contribution >= 4 is 10.0 Å². The van der Waals surface area contributed by atoms with Gasteiger partial charge in [0.15, 0.2) is 5.03 Å². The molecule has 1 aromatic rings. The molecule has 0 saturated heterocycles. The summed E-state index contributed by atoms with van der Waals surface area (Å²) in [4.78, 5) is 0. The van der Waals surface area contributed by atoms with E-state index in [0.717, 1.165) is 18.5 Å². The summed E-state index contributed by atoms with van der Waals surface area (Å²) in [5.74, 6) is 0. The molecule has 1 aromatic heterocycles. The average Bonchev–Trinajstić information content (AvgIpc) is 2.86. The number of H-pyrrole nitrogens is 1. The van der Waals surface area contributed by atoms with E-state index in [4.69, 9.17) is 0 Å². The second-order valence-corrected chi connectivity index (χ2v) is 7.43. The monoisotopic (exact) mass is 286 g/mol. The molecule has 0 radical (unpaired) electrons. The number of rotatable bonds is 6. The molecule has 6 nitrogen and oxygen atoms in total. The second-order valence-electron chi connectivity index (χ2n) is 5.83. The molecule has 0 unspecified atom stereocenters. The van der Waals surface area contributed by atoms with Gasteiger partial charge in [0.2, 0.25) is 0 Å². The molecule has 1 aliphatic carbocycles. The van der Waals surface area contributed by atoms with E-state index in [0.29, 0.717) is 18.2 Å². The minimum absolute atomic E-state index is 0.117. The maximum Gasteiger partial charge on any atom is 0.260 e. The number of aryl methyl sites for hydroxylation is 1. The van der Waals surface area contributed by atoms with E-state index in [1.807, 2.05) is 27.7 Å². The van der Waals surface area contributed by atoms with Gasteiger partial charge < -0.3 is 5.32 Å². The second kappa shape index (κ2) is 4.88. The van der Waals surface area contributed by atoms with E-state index >= 15 is 0 Å². The molecule has 0 aromatic carbocycles. The first kappa shape index (κ1) is 14.5. The molecule has 0 amide bonds. The zero-order valence-electron chi connectivity index (χ0n) is 11.9. The van der Waals surface area contributed by atoms with Crippen molar-refractivity contribution in [3.8, 4) is 0 Å². The maximum atomic E-state index is 12.3. The van der Waals surface area contributed by atoms with Crippen LogP contribution in [0.3, 0.4) is 0 Å². The number of aromatic nitrogens is 2. The molecule has 0 spiro atoms. The first-order valence-corrected chi connectivity index (χ1v) is 8.03. The molecule has 0 atom stereocenters. The van der Waals surface area contributed by atoms with Gasteiger partial charge in [-0.25, -0.2) is 13.1 Å². The Kier molecular flexibility index (Phi) is 3.72. The van der Waals surface area contributed by atoms with Crippen molar-refractivity contribution in [1.29, 1.82) is 0 Å². The molecular weight excluding hydrogens is 264 g/mol. The lowest BCUT2D eigenvalue weighted by molar-refractivity contribution is 0.547. The van der Waals surface area contributed by atoms with Crippen LogP contribution in [0.4, 0.5) is 0 Å². The van der Waals surface area contributed by atoms with Crippen LogP contribution in [-0.4, -0.2) is 30.2 Å². The van der Waals surface area contributed by atoms with Gasteiger partial charge in [-0.3, -0.25) is 5.10 Å².